The maximum absolute atomic E-state index is 12.5. The van der Waals surface area contributed by atoms with Crippen LogP contribution in [-0.2, 0) is 0 Å². The maximum Gasteiger partial charge on any atom is 0.261 e. The molecule has 0 saturated heterocycles. The van der Waals surface area contributed by atoms with E-state index in [9.17, 15) is 14.4 Å². The molecule has 1 aliphatic rings. The first kappa shape index (κ1) is 20.1. The van der Waals surface area contributed by atoms with Crippen LogP contribution in [0.25, 0.3) is 0 Å². The van der Waals surface area contributed by atoms with Crippen molar-refractivity contribution in [3.05, 3.63) is 34.9 Å². The summed E-state index contributed by atoms with van der Waals surface area (Å²) in [6.45, 7) is 4.64. The first-order chi connectivity index (χ1) is 10.7. The highest BCUT2D eigenvalue weighted by Gasteiger charge is 2.33. The number of hydrogen-bond donors (Lipinski definition) is 1. The zero-order valence-corrected chi connectivity index (χ0v) is 15.2. The normalized spacial score (nSPS) is 14.5. The molecule has 0 radical (unpaired) electrons. The number of carbonyl (C=O) groups excluding carboxylic acids is 3. The van der Waals surface area contributed by atoms with E-state index in [0.717, 1.165) is 4.90 Å². The summed E-state index contributed by atoms with van der Waals surface area (Å²) >= 11 is 0. The van der Waals surface area contributed by atoms with Crippen molar-refractivity contribution in [1.29, 1.82) is 0 Å². The summed E-state index contributed by atoms with van der Waals surface area (Å²) in [5.41, 5.74) is 7.04. The first-order valence-corrected chi connectivity index (χ1v) is 7.71. The third-order valence-electron chi connectivity index (χ3n) is 4.34. The zero-order chi connectivity index (χ0) is 17.3. The number of nitrogens with two attached hydrogens (primary N) is 1. The van der Waals surface area contributed by atoms with Gasteiger partial charge in [-0.3, -0.25) is 19.3 Å². The van der Waals surface area contributed by atoms with E-state index >= 15 is 0 Å². The van der Waals surface area contributed by atoms with Gasteiger partial charge in [-0.05, 0) is 30.5 Å². The first-order valence-electron chi connectivity index (χ1n) is 7.71. The van der Waals surface area contributed by atoms with E-state index in [0.29, 0.717) is 30.0 Å². The molecule has 0 saturated carbocycles. The highest BCUT2D eigenvalue weighted by Crippen LogP contribution is 2.23. The van der Waals surface area contributed by atoms with Crippen molar-refractivity contribution < 1.29 is 14.4 Å². The summed E-state index contributed by atoms with van der Waals surface area (Å²) in [6.07, 6.45) is 0.713. The largest absolute Gasteiger partial charge is 0.342 e. The molecule has 0 aromatic heterocycles. The lowest BCUT2D eigenvalue weighted by molar-refractivity contribution is 0.0692. The predicted molar refractivity (Wildman–Crippen MR) is 94.5 cm³/mol. The van der Waals surface area contributed by atoms with Crippen LogP contribution < -0.4 is 5.73 Å². The minimum absolute atomic E-state index is 0. The van der Waals surface area contributed by atoms with E-state index in [1.807, 2.05) is 13.8 Å². The number of benzene rings is 1. The van der Waals surface area contributed by atoms with Crippen LogP contribution in [0.2, 0.25) is 0 Å². The van der Waals surface area contributed by atoms with Crippen LogP contribution in [0.1, 0.15) is 51.3 Å². The van der Waals surface area contributed by atoms with Crippen LogP contribution in [0.4, 0.5) is 0 Å². The number of rotatable bonds is 5. The quantitative estimate of drug-likeness (QED) is 0.818. The van der Waals surface area contributed by atoms with Crippen LogP contribution in [0.3, 0.4) is 0 Å². The van der Waals surface area contributed by atoms with Gasteiger partial charge in [0.1, 0.15) is 0 Å². The summed E-state index contributed by atoms with van der Waals surface area (Å²) in [5, 5.41) is 0. The Labute approximate surface area is 148 Å². The molecule has 1 unspecified atom stereocenters. The molecule has 0 bridgehead atoms. The van der Waals surface area contributed by atoms with Gasteiger partial charge in [-0.15, -0.1) is 12.4 Å². The monoisotopic (exact) mass is 353 g/mol. The fourth-order valence-corrected chi connectivity index (χ4v) is 2.49. The van der Waals surface area contributed by atoms with Gasteiger partial charge < -0.3 is 10.6 Å². The highest BCUT2D eigenvalue weighted by molar-refractivity contribution is 6.21. The molecule has 1 aromatic carbocycles. The van der Waals surface area contributed by atoms with Crippen LogP contribution in [-0.4, -0.2) is 54.2 Å². The zero-order valence-electron chi connectivity index (χ0n) is 14.4. The van der Waals surface area contributed by atoms with E-state index in [4.69, 9.17) is 5.73 Å². The van der Waals surface area contributed by atoms with E-state index in [1.165, 1.54) is 13.1 Å². The number of hydrogen-bond acceptors (Lipinski definition) is 4. The van der Waals surface area contributed by atoms with Crippen molar-refractivity contribution >= 4 is 30.1 Å². The van der Waals surface area contributed by atoms with Crippen LogP contribution in [0, 0.1) is 5.92 Å². The summed E-state index contributed by atoms with van der Waals surface area (Å²) in [6, 6.07) is 4.67. The lowest BCUT2D eigenvalue weighted by Crippen LogP contribution is -2.34. The molecule has 1 aliphatic heterocycles. The molecule has 0 spiro atoms. The lowest BCUT2D eigenvalue weighted by Gasteiger charge is -2.21. The molecule has 3 amide bonds. The molecule has 2 rings (SSSR count). The number of carbonyl (C=O) groups is 3. The Kier molecular flexibility index (Phi) is 6.51. The highest BCUT2D eigenvalue weighted by atomic mass is 35.5. The van der Waals surface area contributed by atoms with E-state index in [-0.39, 0.29) is 41.7 Å². The van der Waals surface area contributed by atoms with Gasteiger partial charge in [0.25, 0.3) is 17.7 Å². The summed E-state index contributed by atoms with van der Waals surface area (Å²) < 4.78 is 0. The van der Waals surface area contributed by atoms with Gasteiger partial charge in [0.05, 0.1) is 11.1 Å². The number of imide groups is 1. The summed E-state index contributed by atoms with van der Waals surface area (Å²) in [7, 11) is 3.15. The molecule has 0 fully saturated rings. The third kappa shape index (κ3) is 3.76. The van der Waals surface area contributed by atoms with Gasteiger partial charge in [-0.2, -0.15) is 0 Å². The Bertz CT molecular complexity index is 660. The Balaban J connectivity index is 0.00000288. The Morgan fingerprint density at radius 3 is 2.38 bits per heavy atom. The van der Waals surface area contributed by atoms with Gasteiger partial charge in [0.15, 0.2) is 0 Å². The van der Waals surface area contributed by atoms with Crippen molar-refractivity contribution in [3.8, 4) is 0 Å². The second-order valence-corrected chi connectivity index (χ2v) is 6.35. The second kappa shape index (κ2) is 7.77. The van der Waals surface area contributed by atoms with Gasteiger partial charge in [-0.1, -0.05) is 13.8 Å². The minimum Gasteiger partial charge on any atom is -0.342 e. The molecule has 24 heavy (non-hydrogen) atoms. The van der Waals surface area contributed by atoms with Gasteiger partial charge in [0, 0.05) is 32.2 Å². The molecular weight excluding hydrogens is 330 g/mol. The SMILES string of the molecule is CC(C)C(N)CCN(C)C(=O)c1ccc2c(c1)C(=O)N(C)C2=O.Cl. The molecule has 0 aliphatic carbocycles. The van der Waals surface area contributed by atoms with E-state index < -0.39 is 0 Å². The smallest absolute Gasteiger partial charge is 0.261 e. The van der Waals surface area contributed by atoms with Crippen LogP contribution >= 0.6 is 12.4 Å². The van der Waals surface area contributed by atoms with Crippen molar-refractivity contribution in [2.45, 2.75) is 26.3 Å². The molecule has 1 atom stereocenters. The number of amides is 3. The second-order valence-electron chi connectivity index (χ2n) is 6.35. The fourth-order valence-electron chi connectivity index (χ4n) is 2.49. The Hall–Kier alpha value is -1.92. The van der Waals surface area contributed by atoms with Gasteiger partial charge >= 0.3 is 0 Å². The van der Waals surface area contributed by atoms with Crippen molar-refractivity contribution in [2.75, 3.05) is 20.6 Å². The number of fused-ring (bicyclic) bond motifs is 1. The molecule has 2 N–H and O–H groups in total. The lowest BCUT2D eigenvalue weighted by atomic mass is 10.0. The van der Waals surface area contributed by atoms with Crippen LogP contribution in [0.15, 0.2) is 18.2 Å². The molecule has 7 heteroatoms. The fraction of sp³-hybridized carbons (Fsp3) is 0.471. The molecule has 132 valence electrons. The number of halogens is 1. The Morgan fingerprint density at radius 1 is 1.21 bits per heavy atom. The molecule has 1 heterocycles. The summed E-state index contributed by atoms with van der Waals surface area (Å²) in [4.78, 5) is 39.0. The average Bonchev–Trinajstić information content (AvgIpc) is 2.75. The summed E-state index contributed by atoms with van der Waals surface area (Å²) in [5.74, 6) is -0.527. The predicted octanol–water partition coefficient (Wildman–Crippen LogP) is 1.78. The molecule has 6 nitrogen and oxygen atoms in total. The van der Waals surface area contributed by atoms with Gasteiger partial charge in [-0.25, -0.2) is 0 Å². The topological polar surface area (TPSA) is 83.7 Å². The molecule has 1 aromatic rings. The number of nitrogens with zero attached hydrogens (tertiary/aromatic N) is 2. The maximum atomic E-state index is 12.5. The Morgan fingerprint density at radius 2 is 1.79 bits per heavy atom. The van der Waals surface area contributed by atoms with Crippen molar-refractivity contribution in [3.63, 3.8) is 0 Å². The minimum atomic E-state index is -0.371. The van der Waals surface area contributed by atoms with Crippen molar-refractivity contribution in [2.24, 2.45) is 11.7 Å². The standard InChI is InChI=1S/C17H23N3O3.ClH/c1-10(2)14(18)7-8-19(3)15(21)11-5-6-12-13(9-11)17(23)20(4)16(12)22;/h5-6,9-10,14H,7-8,18H2,1-4H3;1H. The average molecular weight is 354 g/mol. The third-order valence-corrected chi connectivity index (χ3v) is 4.34. The molecular formula is C17H24ClN3O3. The van der Waals surface area contributed by atoms with Gasteiger partial charge in [0.2, 0.25) is 0 Å². The van der Waals surface area contributed by atoms with E-state index in [2.05, 4.69) is 0 Å². The van der Waals surface area contributed by atoms with Crippen LogP contribution in [0.5, 0.6) is 0 Å². The van der Waals surface area contributed by atoms with Crippen molar-refractivity contribution in [1.82, 2.24) is 9.80 Å². The van der Waals surface area contributed by atoms with E-state index in [1.54, 1.807) is 24.1 Å².